The second-order valence-corrected chi connectivity index (χ2v) is 6.04. The fourth-order valence-corrected chi connectivity index (χ4v) is 3.10. The molecule has 2 N–H and O–H groups in total. The summed E-state index contributed by atoms with van der Waals surface area (Å²) in [6, 6.07) is 3.85. The first kappa shape index (κ1) is 16.3. The number of hydrogen-bond donors (Lipinski definition) is 2. The van der Waals surface area contributed by atoms with E-state index >= 15 is 0 Å². The molecule has 0 saturated carbocycles. The Morgan fingerprint density at radius 3 is 2.73 bits per heavy atom. The molecule has 0 radical (unpaired) electrons. The first-order valence-corrected chi connectivity index (χ1v) is 8.04. The van der Waals surface area contributed by atoms with E-state index in [2.05, 4.69) is 10.3 Å². The first-order valence-electron chi connectivity index (χ1n) is 7.16. The predicted octanol–water partition coefficient (Wildman–Crippen LogP) is 3.36. The quantitative estimate of drug-likeness (QED) is 0.830. The molecule has 118 valence electrons. The van der Waals surface area contributed by atoms with Crippen LogP contribution in [0.15, 0.2) is 17.5 Å². The number of nitrogens with one attached hydrogen (secondary N) is 2. The van der Waals surface area contributed by atoms with Crippen LogP contribution >= 0.6 is 11.3 Å². The van der Waals surface area contributed by atoms with Crippen LogP contribution in [0.3, 0.4) is 0 Å². The average molecular weight is 320 g/mol. The maximum atomic E-state index is 12.4. The summed E-state index contributed by atoms with van der Waals surface area (Å²) < 4.78 is 5.03. The van der Waals surface area contributed by atoms with Gasteiger partial charge in [0, 0.05) is 10.6 Å². The fraction of sp³-hybridized carbons (Fsp3) is 0.375. The number of H-pyrrole nitrogens is 1. The van der Waals surface area contributed by atoms with Crippen molar-refractivity contribution in [3.05, 3.63) is 44.9 Å². The summed E-state index contributed by atoms with van der Waals surface area (Å²) in [7, 11) is 0. The molecule has 2 aromatic rings. The molecule has 0 bridgehead atoms. The number of esters is 1. The summed E-state index contributed by atoms with van der Waals surface area (Å²) in [6.45, 7) is 7.51. The monoisotopic (exact) mass is 320 g/mol. The number of rotatable bonds is 5. The Kier molecular flexibility index (Phi) is 5.03. The Bertz CT molecular complexity index is 674. The highest BCUT2D eigenvalue weighted by molar-refractivity contribution is 7.10. The SMILES string of the molecule is CCOC(=O)c1c(C)[nH]c(C(=O)N[C@H](C)c2cccs2)c1C. The molecule has 0 aliphatic heterocycles. The molecule has 2 aromatic heterocycles. The second-order valence-electron chi connectivity index (χ2n) is 5.06. The van der Waals surface area contributed by atoms with Gasteiger partial charge in [-0.3, -0.25) is 4.79 Å². The Hall–Kier alpha value is -2.08. The zero-order valence-corrected chi connectivity index (χ0v) is 14.0. The second kappa shape index (κ2) is 6.79. The summed E-state index contributed by atoms with van der Waals surface area (Å²) in [5.41, 5.74) is 2.11. The summed E-state index contributed by atoms with van der Waals surface area (Å²) in [4.78, 5) is 28.5. The molecule has 0 saturated heterocycles. The summed E-state index contributed by atoms with van der Waals surface area (Å²) in [6.07, 6.45) is 0. The molecular weight excluding hydrogens is 300 g/mol. The minimum absolute atomic E-state index is 0.0819. The van der Waals surface area contributed by atoms with Crippen molar-refractivity contribution in [1.29, 1.82) is 0 Å². The van der Waals surface area contributed by atoms with Gasteiger partial charge in [0.05, 0.1) is 18.2 Å². The van der Waals surface area contributed by atoms with Crippen molar-refractivity contribution < 1.29 is 14.3 Å². The summed E-state index contributed by atoms with van der Waals surface area (Å²) in [5, 5.41) is 4.91. The predicted molar refractivity (Wildman–Crippen MR) is 86.4 cm³/mol. The minimum Gasteiger partial charge on any atom is -0.462 e. The summed E-state index contributed by atoms with van der Waals surface area (Å²) in [5.74, 6) is -0.629. The van der Waals surface area contributed by atoms with Crippen LogP contribution in [0, 0.1) is 13.8 Å². The van der Waals surface area contributed by atoms with Crippen LogP contribution < -0.4 is 5.32 Å². The standard InChI is InChI=1S/C16H20N2O3S/c1-5-21-16(20)13-9(2)14(17-11(13)4)15(19)18-10(3)12-7-6-8-22-12/h6-8,10,17H,5H2,1-4H3,(H,18,19)/t10-/m1/s1. The molecule has 0 aliphatic carbocycles. The van der Waals surface area contributed by atoms with Gasteiger partial charge in [-0.15, -0.1) is 11.3 Å². The Labute approximate surface area is 133 Å². The molecular formula is C16H20N2O3S. The maximum absolute atomic E-state index is 12.4. The van der Waals surface area contributed by atoms with Crippen molar-refractivity contribution in [2.24, 2.45) is 0 Å². The van der Waals surface area contributed by atoms with E-state index in [1.807, 2.05) is 24.4 Å². The molecule has 0 fully saturated rings. The number of thiophene rings is 1. The molecule has 1 amide bonds. The van der Waals surface area contributed by atoms with Gasteiger partial charge < -0.3 is 15.0 Å². The van der Waals surface area contributed by atoms with E-state index in [-0.39, 0.29) is 11.9 Å². The van der Waals surface area contributed by atoms with Crippen molar-refractivity contribution >= 4 is 23.2 Å². The number of aromatic nitrogens is 1. The first-order chi connectivity index (χ1) is 10.5. The van der Waals surface area contributed by atoms with Crippen LogP contribution in [0.5, 0.6) is 0 Å². The van der Waals surface area contributed by atoms with Crippen LogP contribution in [0.1, 0.15) is 56.9 Å². The lowest BCUT2D eigenvalue weighted by Crippen LogP contribution is -2.27. The smallest absolute Gasteiger partial charge is 0.340 e. The van der Waals surface area contributed by atoms with Crippen molar-refractivity contribution in [3.63, 3.8) is 0 Å². The fourth-order valence-electron chi connectivity index (χ4n) is 2.36. The van der Waals surface area contributed by atoms with E-state index in [0.717, 1.165) is 4.88 Å². The molecule has 6 heteroatoms. The number of aromatic amines is 1. The number of aryl methyl sites for hydroxylation is 1. The van der Waals surface area contributed by atoms with E-state index in [0.29, 0.717) is 29.1 Å². The molecule has 0 unspecified atom stereocenters. The average Bonchev–Trinajstić information content (AvgIpc) is 3.07. The Morgan fingerprint density at radius 2 is 2.14 bits per heavy atom. The maximum Gasteiger partial charge on any atom is 0.340 e. The van der Waals surface area contributed by atoms with Gasteiger partial charge in [-0.25, -0.2) is 4.79 Å². The number of carbonyl (C=O) groups is 2. The lowest BCUT2D eigenvalue weighted by Gasteiger charge is -2.12. The minimum atomic E-state index is -0.404. The van der Waals surface area contributed by atoms with E-state index in [4.69, 9.17) is 4.74 Å². The third-order valence-corrected chi connectivity index (χ3v) is 4.52. The number of carbonyl (C=O) groups excluding carboxylic acids is 2. The van der Waals surface area contributed by atoms with E-state index in [1.54, 1.807) is 32.1 Å². The van der Waals surface area contributed by atoms with Gasteiger partial charge in [0.1, 0.15) is 5.69 Å². The van der Waals surface area contributed by atoms with Gasteiger partial charge in [0.15, 0.2) is 0 Å². The molecule has 1 atom stereocenters. The van der Waals surface area contributed by atoms with Crippen LogP contribution in [-0.2, 0) is 4.74 Å². The van der Waals surface area contributed by atoms with Crippen molar-refractivity contribution in [2.75, 3.05) is 6.61 Å². The number of ether oxygens (including phenoxy) is 1. The van der Waals surface area contributed by atoms with Gasteiger partial charge in [-0.1, -0.05) is 6.07 Å². The van der Waals surface area contributed by atoms with E-state index in [1.165, 1.54) is 0 Å². The van der Waals surface area contributed by atoms with Gasteiger partial charge in [0.2, 0.25) is 0 Å². The molecule has 2 heterocycles. The highest BCUT2D eigenvalue weighted by Crippen LogP contribution is 2.22. The van der Waals surface area contributed by atoms with Crippen LogP contribution in [0.2, 0.25) is 0 Å². The van der Waals surface area contributed by atoms with E-state index < -0.39 is 5.97 Å². The van der Waals surface area contributed by atoms with Crippen molar-refractivity contribution in [2.45, 2.75) is 33.7 Å². The highest BCUT2D eigenvalue weighted by atomic mass is 32.1. The Balaban J connectivity index is 2.20. The van der Waals surface area contributed by atoms with Crippen LogP contribution in [0.4, 0.5) is 0 Å². The van der Waals surface area contributed by atoms with Crippen molar-refractivity contribution in [3.8, 4) is 0 Å². The van der Waals surface area contributed by atoms with Crippen molar-refractivity contribution in [1.82, 2.24) is 10.3 Å². The zero-order valence-electron chi connectivity index (χ0n) is 13.1. The van der Waals surface area contributed by atoms with Crippen LogP contribution in [0.25, 0.3) is 0 Å². The molecule has 0 aliphatic rings. The zero-order chi connectivity index (χ0) is 16.3. The molecule has 5 nitrogen and oxygen atoms in total. The number of hydrogen-bond acceptors (Lipinski definition) is 4. The Morgan fingerprint density at radius 1 is 1.41 bits per heavy atom. The van der Waals surface area contributed by atoms with Gasteiger partial charge in [0.25, 0.3) is 5.91 Å². The van der Waals surface area contributed by atoms with Gasteiger partial charge in [-0.05, 0) is 44.7 Å². The lowest BCUT2D eigenvalue weighted by molar-refractivity contribution is 0.0525. The largest absolute Gasteiger partial charge is 0.462 e. The molecule has 0 spiro atoms. The lowest BCUT2D eigenvalue weighted by atomic mass is 10.1. The normalized spacial score (nSPS) is 12.0. The molecule has 2 rings (SSSR count). The number of amides is 1. The highest BCUT2D eigenvalue weighted by Gasteiger charge is 2.23. The third-order valence-electron chi connectivity index (χ3n) is 3.46. The van der Waals surface area contributed by atoms with Gasteiger partial charge >= 0.3 is 5.97 Å². The topological polar surface area (TPSA) is 71.2 Å². The van der Waals surface area contributed by atoms with Gasteiger partial charge in [-0.2, -0.15) is 0 Å². The third kappa shape index (κ3) is 3.22. The van der Waals surface area contributed by atoms with Crippen LogP contribution in [-0.4, -0.2) is 23.5 Å². The summed E-state index contributed by atoms with van der Waals surface area (Å²) >= 11 is 1.59. The molecule has 22 heavy (non-hydrogen) atoms. The van der Waals surface area contributed by atoms with E-state index in [9.17, 15) is 9.59 Å². The molecule has 0 aromatic carbocycles.